The van der Waals surface area contributed by atoms with Crippen molar-refractivity contribution in [1.29, 1.82) is 0 Å². The number of ether oxygens (including phenoxy) is 1. The van der Waals surface area contributed by atoms with Gasteiger partial charge in [0.2, 0.25) is 0 Å². The summed E-state index contributed by atoms with van der Waals surface area (Å²) in [5.74, 6) is -1.69. The molecule has 0 fully saturated rings. The minimum atomic E-state index is -1.47. The van der Waals surface area contributed by atoms with Gasteiger partial charge in [-0.1, -0.05) is 17.7 Å². The van der Waals surface area contributed by atoms with Crippen molar-refractivity contribution in [3.05, 3.63) is 28.8 Å². The fourth-order valence-electron chi connectivity index (χ4n) is 2.25. The van der Waals surface area contributed by atoms with Crippen molar-refractivity contribution in [2.75, 3.05) is 6.61 Å². The fourth-order valence-corrected chi connectivity index (χ4v) is 2.25. The Hall–Kier alpha value is -2.04. The molecule has 1 aliphatic rings. The van der Waals surface area contributed by atoms with Gasteiger partial charge in [-0.15, -0.1) is 0 Å². The first-order valence-corrected chi connectivity index (χ1v) is 5.76. The van der Waals surface area contributed by atoms with Gasteiger partial charge in [-0.05, 0) is 19.4 Å². The second-order valence-electron chi connectivity index (χ2n) is 4.47. The molecule has 5 heteroatoms. The second kappa shape index (κ2) is 4.68. The summed E-state index contributed by atoms with van der Waals surface area (Å²) in [7, 11) is 0. The third kappa shape index (κ3) is 2.30. The van der Waals surface area contributed by atoms with E-state index in [1.54, 1.807) is 0 Å². The Morgan fingerprint density at radius 1 is 1.39 bits per heavy atom. The zero-order valence-electron chi connectivity index (χ0n) is 10.3. The summed E-state index contributed by atoms with van der Waals surface area (Å²) in [6.45, 7) is 4.37. The predicted molar refractivity (Wildman–Crippen MR) is 64.5 cm³/mol. The minimum Gasteiger partial charge on any atom is -0.493 e. The van der Waals surface area contributed by atoms with Crippen LogP contribution in [-0.4, -0.2) is 23.6 Å². The van der Waals surface area contributed by atoms with E-state index in [-0.39, 0.29) is 6.04 Å². The van der Waals surface area contributed by atoms with Crippen LogP contribution in [0.1, 0.15) is 29.2 Å². The lowest BCUT2D eigenvalue weighted by Crippen LogP contribution is -2.36. The molecule has 0 radical (unpaired) electrons. The number of carbonyl (C=O) groups excluding carboxylic acids is 1. The molecule has 1 heterocycles. The molecule has 18 heavy (non-hydrogen) atoms. The van der Waals surface area contributed by atoms with Gasteiger partial charge < -0.3 is 15.2 Å². The first-order chi connectivity index (χ1) is 8.49. The number of hydrogen-bond acceptors (Lipinski definition) is 3. The summed E-state index contributed by atoms with van der Waals surface area (Å²) in [4.78, 5) is 21.8. The number of aryl methyl sites for hydroxylation is 2. The van der Waals surface area contributed by atoms with E-state index in [0.717, 1.165) is 22.4 Å². The molecule has 1 amide bonds. The Bertz CT molecular complexity index is 510. The molecule has 0 aliphatic carbocycles. The molecular weight excluding hydrogens is 234 g/mol. The van der Waals surface area contributed by atoms with Gasteiger partial charge in [0.15, 0.2) is 0 Å². The largest absolute Gasteiger partial charge is 0.493 e. The third-order valence-electron chi connectivity index (χ3n) is 2.98. The maximum atomic E-state index is 11.2. The van der Waals surface area contributed by atoms with Gasteiger partial charge in [0.25, 0.3) is 0 Å². The highest BCUT2D eigenvalue weighted by Crippen LogP contribution is 2.35. The Kier molecular flexibility index (Phi) is 3.23. The zero-order chi connectivity index (χ0) is 13.3. The van der Waals surface area contributed by atoms with Gasteiger partial charge in [-0.3, -0.25) is 4.79 Å². The van der Waals surface area contributed by atoms with Gasteiger partial charge in [-0.25, -0.2) is 4.79 Å². The number of benzene rings is 1. The summed E-state index contributed by atoms with van der Waals surface area (Å²) in [6, 6.07) is 3.63. The number of carboxylic acids is 1. The van der Waals surface area contributed by atoms with Crippen molar-refractivity contribution in [1.82, 2.24) is 5.32 Å². The van der Waals surface area contributed by atoms with Gasteiger partial charge in [-0.2, -0.15) is 0 Å². The predicted octanol–water partition coefficient (Wildman–Crippen LogP) is 1.33. The first-order valence-electron chi connectivity index (χ1n) is 5.76. The number of fused-ring (bicyclic) bond motifs is 1. The normalized spacial score (nSPS) is 17.6. The molecule has 0 saturated heterocycles. The average molecular weight is 249 g/mol. The van der Waals surface area contributed by atoms with Crippen LogP contribution >= 0.6 is 0 Å². The van der Waals surface area contributed by atoms with Crippen molar-refractivity contribution in [3.63, 3.8) is 0 Å². The van der Waals surface area contributed by atoms with Crippen LogP contribution in [0.4, 0.5) is 0 Å². The van der Waals surface area contributed by atoms with E-state index in [0.29, 0.717) is 13.0 Å². The number of nitrogens with one attached hydrogen (secondary N) is 1. The zero-order valence-corrected chi connectivity index (χ0v) is 10.3. The van der Waals surface area contributed by atoms with Crippen LogP contribution in [0.3, 0.4) is 0 Å². The summed E-state index contributed by atoms with van der Waals surface area (Å²) >= 11 is 0. The van der Waals surface area contributed by atoms with E-state index >= 15 is 0 Å². The third-order valence-corrected chi connectivity index (χ3v) is 2.98. The van der Waals surface area contributed by atoms with Crippen molar-refractivity contribution >= 4 is 11.9 Å². The number of amides is 1. The lowest BCUT2D eigenvalue weighted by Gasteiger charge is -2.27. The van der Waals surface area contributed by atoms with Crippen molar-refractivity contribution < 1.29 is 19.4 Å². The van der Waals surface area contributed by atoms with Gasteiger partial charge in [0, 0.05) is 12.0 Å². The van der Waals surface area contributed by atoms with Crippen LogP contribution in [0.2, 0.25) is 0 Å². The van der Waals surface area contributed by atoms with Crippen LogP contribution in [-0.2, 0) is 9.59 Å². The van der Waals surface area contributed by atoms with Crippen LogP contribution in [0.15, 0.2) is 12.1 Å². The summed E-state index contributed by atoms with van der Waals surface area (Å²) in [6.07, 6.45) is 0.578. The van der Waals surface area contributed by atoms with Crippen molar-refractivity contribution in [2.24, 2.45) is 0 Å². The Balaban J connectivity index is 2.33. The lowest BCUT2D eigenvalue weighted by atomic mass is 9.95. The molecular formula is C13H15NO4. The Morgan fingerprint density at radius 2 is 2.11 bits per heavy atom. The smallest absolute Gasteiger partial charge is 0.394 e. The van der Waals surface area contributed by atoms with E-state index in [4.69, 9.17) is 9.84 Å². The highest BCUT2D eigenvalue weighted by molar-refractivity contribution is 6.31. The molecule has 1 aliphatic heterocycles. The summed E-state index contributed by atoms with van der Waals surface area (Å²) in [5.41, 5.74) is 2.92. The number of rotatable bonds is 1. The highest BCUT2D eigenvalue weighted by atomic mass is 16.5. The summed E-state index contributed by atoms with van der Waals surface area (Å²) in [5, 5.41) is 11.1. The van der Waals surface area contributed by atoms with Crippen molar-refractivity contribution in [2.45, 2.75) is 26.3 Å². The average Bonchev–Trinajstić information content (AvgIpc) is 2.29. The molecule has 96 valence electrons. The molecule has 5 nitrogen and oxygen atoms in total. The maximum absolute atomic E-state index is 11.2. The highest BCUT2D eigenvalue weighted by Gasteiger charge is 2.26. The van der Waals surface area contributed by atoms with E-state index in [2.05, 4.69) is 5.32 Å². The number of hydrogen-bond donors (Lipinski definition) is 2. The number of carbonyl (C=O) groups is 2. The Labute approximate surface area is 105 Å². The van der Waals surface area contributed by atoms with Gasteiger partial charge in [0.1, 0.15) is 5.75 Å². The molecule has 0 spiro atoms. The van der Waals surface area contributed by atoms with Crippen LogP contribution in [0, 0.1) is 13.8 Å². The molecule has 0 unspecified atom stereocenters. The van der Waals surface area contributed by atoms with E-state index < -0.39 is 11.9 Å². The van der Waals surface area contributed by atoms with E-state index in [1.165, 1.54) is 0 Å². The van der Waals surface area contributed by atoms with E-state index in [1.807, 2.05) is 26.0 Å². The standard InChI is InChI=1S/C13H15NO4/c1-7-5-8(2)11-9(6-7)10(3-4-18-11)14-12(15)13(16)17/h5-6,10H,3-4H2,1-2H3,(H,14,15)(H,16,17)/t10-/m0/s1. The van der Waals surface area contributed by atoms with Gasteiger partial charge in [0.05, 0.1) is 12.6 Å². The molecule has 2 N–H and O–H groups in total. The number of aliphatic carboxylic acids is 1. The van der Waals surface area contributed by atoms with Crippen LogP contribution in [0.25, 0.3) is 0 Å². The van der Waals surface area contributed by atoms with Crippen LogP contribution < -0.4 is 10.1 Å². The first kappa shape index (κ1) is 12.4. The lowest BCUT2D eigenvalue weighted by molar-refractivity contribution is -0.150. The minimum absolute atomic E-state index is 0.295. The van der Waals surface area contributed by atoms with Crippen LogP contribution in [0.5, 0.6) is 5.75 Å². The second-order valence-corrected chi connectivity index (χ2v) is 4.47. The molecule has 1 atom stereocenters. The SMILES string of the molecule is Cc1cc(C)c2c(c1)[C@@H](NC(=O)C(=O)O)CCO2. The molecule has 1 aromatic rings. The monoisotopic (exact) mass is 249 g/mol. The molecule has 2 rings (SSSR count). The molecule has 0 aromatic heterocycles. The number of carboxylic acid groups (broad SMARTS) is 1. The summed E-state index contributed by atoms with van der Waals surface area (Å²) < 4.78 is 5.58. The van der Waals surface area contributed by atoms with Gasteiger partial charge >= 0.3 is 11.9 Å². The topological polar surface area (TPSA) is 75.6 Å². The Morgan fingerprint density at radius 3 is 2.78 bits per heavy atom. The molecule has 0 saturated carbocycles. The maximum Gasteiger partial charge on any atom is 0.394 e. The quantitative estimate of drug-likeness (QED) is 0.736. The van der Waals surface area contributed by atoms with E-state index in [9.17, 15) is 9.59 Å². The van der Waals surface area contributed by atoms with Crippen molar-refractivity contribution in [3.8, 4) is 5.75 Å². The fraction of sp³-hybridized carbons (Fsp3) is 0.385. The molecule has 0 bridgehead atoms. The molecule has 1 aromatic carbocycles.